The molecular weight excluding hydrogens is 445 g/mol. The number of hydrogen-bond donors (Lipinski definition) is 0. The molecule has 0 saturated carbocycles. The van der Waals surface area contributed by atoms with Gasteiger partial charge in [0.15, 0.2) is 5.70 Å². The van der Waals surface area contributed by atoms with Crippen molar-refractivity contribution in [2.75, 3.05) is 0 Å². The van der Waals surface area contributed by atoms with Gasteiger partial charge in [-0.3, -0.25) is 0 Å². The van der Waals surface area contributed by atoms with Crippen LogP contribution in [0.1, 0.15) is 11.1 Å². The molecule has 0 N–H and O–H groups in total. The van der Waals surface area contributed by atoms with Crippen LogP contribution in [0.4, 0.5) is 0 Å². The monoisotopic (exact) mass is 453 g/mol. The van der Waals surface area contributed by atoms with Gasteiger partial charge >= 0.3 is 5.97 Å². The van der Waals surface area contributed by atoms with E-state index in [9.17, 15) is 4.79 Å². The molecule has 0 amide bonds. The molecule has 0 saturated heterocycles. The maximum absolute atomic E-state index is 11.9. The van der Waals surface area contributed by atoms with Crippen molar-refractivity contribution in [3.8, 4) is 0 Å². The fourth-order valence-corrected chi connectivity index (χ4v) is 2.93. The highest BCUT2D eigenvalue weighted by molar-refractivity contribution is 14.1. The summed E-state index contributed by atoms with van der Waals surface area (Å²) in [5, 5.41) is 0. The van der Waals surface area contributed by atoms with Crippen LogP contribution in [-0.2, 0) is 9.53 Å². The molecule has 0 atom stereocenters. The third-order valence-electron chi connectivity index (χ3n) is 2.88. The molecule has 5 heteroatoms. The van der Waals surface area contributed by atoms with Crippen molar-refractivity contribution in [3.05, 3.63) is 73.4 Å². The number of carbonyl (C=O) groups is 1. The summed E-state index contributed by atoms with van der Waals surface area (Å²) < 4.78 is 7.19. The van der Waals surface area contributed by atoms with Crippen molar-refractivity contribution in [2.45, 2.75) is 0 Å². The molecule has 0 aromatic heterocycles. The van der Waals surface area contributed by atoms with Gasteiger partial charge in [0.25, 0.3) is 0 Å². The number of rotatable bonds is 2. The maximum atomic E-state index is 11.9. The van der Waals surface area contributed by atoms with Gasteiger partial charge in [0.1, 0.15) is 0 Å². The van der Waals surface area contributed by atoms with Crippen LogP contribution in [0.15, 0.2) is 63.7 Å². The molecule has 0 spiro atoms. The summed E-state index contributed by atoms with van der Waals surface area (Å²) in [6.45, 7) is 0. The minimum Gasteiger partial charge on any atom is -0.402 e. The Balaban J connectivity index is 1.98. The Kier molecular flexibility index (Phi) is 4.21. The summed E-state index contributed by atoms with van der Waals surface area (Å²) in [7, 11) is 0. The first-order chi connectivity index (χ1) is 10.1. The number of esters is 1. The van der Waals surface area contributed by atoms with Crippen molar-refractivity contribution < 1.29 is 9.53 Å². The van der Waals surface area contributed by atoms with Crippen molar-refractivity contribution in [3.63, 3.8) is 0 Å². The van der Waals surface area contributed by atoms with Gasteiger partial charge in [-0.05, 0) is 74.4 Å². The van der Waals surface area contributed by atoms with E-state index in [1.165, 1.54) is 0 Å². The fourth-order valence-electron chi connectivity index (χ4n) is 1.91. The van der Waals surface area contributed by atoms with Crippen LogP contribution >= 0.6 is 38.5 Å². The summed E-state index contributed by atoms with van der Waals surface area (Å²) in [6, 6.07) is 15.3. The first-order valence-electron chi connectivity index (χ1n) is 6.16. The maximum Gasteiger partial charge on any atom is 0.363 e. The third kappa shape index (κ3) is 3.24. The smallest absolute Gasteiger partial charge is 0.363 e. The molecule has 21 heavy (non-hydrogen) atoms. The number of nitrogens with zero attached hydrogens (tertiary/aromatic N) is 1. The number of carbonyl (C=O) groups excluding carboxylic acids is 1. The molecule has 0 unspecified atom stereocenters. The zero-order valence-corrected chi connectivity index (χ0v) is 14.5. The number of ether oxygens (including phenoxy) is 1. The van der Waals surface area contributed by atoms with E-state index in [1.54, 1.807) is 6.08 Å². The van der Waals surface area contributed by atoms with Gasteiger partial charge in [0, 0.05) is 8.04 Å². The van der Waals surface area contributed by atoms with Crippen LogP contribution in [-0.4, -0.2) is 11.9 Å². The molecule has 0 fully saturated rings. The lowest BCUT2D eigenvalue weighted by Crippen LogP contribution is -2.05. The van der Waals surface area contributed by atoms with Gasteiger partial charge in [0.05, 0.1) is 5.56 Å². The second kappa shape index (κ2) is 6.11. The standard InChI is InChI=1S/C16H9BrINO2/c17-13-7-2-1-6-12(13)15-19-14(16(20)21-15)9-10-4-3-5-11(18)8-10/h1-9H/b14-9+. The summed E-state index contributed by atoms with van der Waals surface area (Å²) in [5.41, 5.74) is 1.99. The molecule has 1 aliphatic rings. The Morgan fingerprint density at radius 2 is 1.95 bits per heavy atom. The summed E-state index contributed by atoms with van der Waals surface area (Å²) in [4.78, 5) is 16.2. The van der Waals surface area contributed by atoms with E-state index in [0.717, 1.165) is 19.2 Å². The molecule has 3 rings (SSSR count). The lowest BCUT2D eigenvalue weighted by molar-refractivity contribution is -0.129. The SMILES string of the molecule is O=C1OC(c2ccccc2Br)=N/C1=C/c1cccc(I)c1. The zero-order valence-electron chi connectivity index (χ0n) is 10.7. The normalized spacial score (nSPS) is 16.0. The molecule has 1 aliphatic heterocycles. The van der Waals surface area contributed by atoms with E-state index in [2.05, 4.69) is 43.5 Å². The van der Waals surface area contributed by atoms with E-state index in [4.69, 9.17) is 4.74 Å². The second-order valence-electron chi connectivity index (χ2n) is 4.37. The van der Waals surface area contributed by atoms with Gasteiger partial charge in [-0.15, -0.1) is 0 Å². The highest BCUT2D eigenvalue weighted by Crippen LogP contribution is 2.24. The van der Waals surface area contributed by atoms with E-state index >= 15 is 0 Å². The molecular formula is C16H9BrINO2. The molecule has 3 nitrogen and oxygen atoms in total. The Morgan fingerprint density at radius 3 is 2.71 bits per heavy atom. The zero-order chi connectivity index (χ0) is 14.8. The highest BCUT2D eigenvalue weighted by Gasteiger charge is 2.25. The second-order valence-corrected chi connectivity index (χ2v) is 6.47. The highest BCUT2D eigenvalue weighted by atomic mass is 127. The minimum absolute atomic E-state index is 0.308. The van der Waals surface area contributed by atoms with Crippen molar-refractivity contribution in [1.29, 1.82) is 0 Å². The first kappa shape index (κ1) is 14.5. The number of benzene rings is 2. The van der Waals surface area contributed by atoms with E-state index < -0.39 is 5.97 Å². The van der Waals surface area contributed by atoms with Crippen molar-refractivity contribution in [2.24, 2.45) is 4.99 Å². The van der Waals surface area contributed by atoms with Crippen molar-refractivity contribution in [1.82, 2.24) is 0 Å². The molecule has 2 aromatic carbocycles. The molecule has 0 aliphatic carbocycles. The third-order valence-corrected chi connectivity index (χ3v) is 4.24. The molecule has 104 valence electrons. The van der Waals surface area contributed by atoms with Gasteiger partial charge in [-0.1, -0.05) is 24.3 Å². The summed E-state index contributed by atoms with van der Waals surface area (Å²) >= 11 is 5.66. The van der Waals surface area contributed by atoms with Crippen LogP contribution in [0, 0.1) is 3.57 Å². The van der Waals surface area contributed by atoms with Crippen LogP contribution in [0.2, 0.25) is 0 Å². The molecule has 0 bridgehead atoms. The quantitative estimate of drug-likeness (QED) is 0.384. The summed E-state index contributed by atoms with van der Waals surface area (Å²) in [5.74, 6) is -0.107. The lowest BCUT2D eigenvalue weighted by Gasteiger charge is -2.01. The van der Waals surface area contributed by atoms with E-state index in [1.807, 2.05) is 48.5 Å². The van der Waals surface area contributed by atoms with Crippen LogP contribution in [0.25, 0.3) is 6.08 Å². The molecule has 1 heterocycles. The number of aliphatic imine (C=N–C) groups is 1. The van der Waals surface area contributed by atoms with Crippen LogP contribution in [0.3, 0.4) is 0 Å². The van der Waals surface area contributed by atoms with Gasteiger partial charge in [-0.25, -0.2) is 9.79 Å². The first-order valence-corrected chi connectivity index (χ1v) is 8.04. The Bertz CT molecular complexity index is 783. The predicted molar refractivity (Wildman–Crippen MR) is 93.9 cm³/mol. The van der Waals surface area contributed by atoms with Gasteiger partial charge in [-0.2, -0.15) is 0 Å². The van der Waals surface area contributed by atoms with Crippen molar-refractivity contribution >= 4 is 56.5 Å². The van der Waals surface area contributed by atoms with Crippen LogP contribution < -0.4 is 0 Å². The summed E-state index contributed by atoms with van der Waals surface area (Å²) in [6.07, 6.45) is 1.73. The van der Waals surface area contributed by atoms with Crippen LogP contribution in [0.5, 0.6) is 0 Å². The van der Waals surface area contributed by atoms with Gasteiger partial charge < -0.3 is 4.74 Å². The number of halogens is 2. The predicted octanol–water partition coefficient (Wildman–Crippen LogP) is 4.40. The topological polar surface area (TPSA) is 38.7 Å². The van der Waals surface area contributed by atoms with Gasteiger partial charge in [0.2, 0.25) is 5.90 Å². The lowest BCUT2D eigenvalue weighted by atomic mass is 10.2. The molecule has 2 aromatic rings. The fraction of sp³-hybridized carbons (Fsp3) is 0. The Morgan fingerprint density at radius 1 is 1.14 bits per heavy atom. The molecule has 0 radical (unpaired) electrons. The minimum atomic E-state index is -0.431. The largest absolute Gasteiger partial charge is 0.402 e. The van der Waals surface area contributed by atoms with E-state index in [0.29, 0.717) is 11.6 Å². The Hall–Kier alpha value is -1.47. The average Bonchev–Trinajstić information content (AvgIpc) is 2.80. The number of cyclic esters (lactones) is 1. The number of hydrogen-bond acceptors (Lipinski definition) is 3. The van der Waals surface area contributed by atoms with E-state index in [-0.39, 0.29) is 0 Å². The average molecular weight is 454 g/mol. The Labute approximate surface area is 144 Å².